The summed E-state index contributed by atoms with van der Waals surface area (Å²) in [6.07, 6.45) is 1.57. The van der Waals surface area contributed by atoms with Gasteiger partial charge >= 0.3 is 0 Å². The Morgan fingerprint density at radius 2 is 1.81 bits per heavy atom. The fourth-order valence-electron chi connectivity index (χ4n) is 3.53. The number of benzene rings is 2. The first-order valence-electron chi connectivity index (χ1n) is 9.21. The molecular formula is C22H22FN3O. The van der Waals surface area contributed by atoms with Gasteiger partial charge in [0, 0.05) is 44.3 Å². The number of carbonyl (C=O) groups is 1. The first kappa shape index (κ1) is 17.6. The molecular weight excluding hydrogens is 341 g/mol. The molecule has 0 saturated carbocycles. The molecule has 0 radical (unpaired) electrons. The molecule has 4 nitrogen and oxygen atoms in total. The highest BCUT2D eigenvalue weighted by Crippen LogP contribution is 2.18. The van der Waals surface area contributed by atoms with Crippen molar-refractivity contribution < 1.29 is 9.18 Å². The lowest BCUT2D eigenvalue weighted by Gasteiger charge is -2.34. The van der Waals surface area contributed by atoms with E-state index < -0.39 is 0 Å². The van der Waals surface area contributed by atoms with Gasteiger partial charge < -0.3 is 4.90 Å². The topological polar surface area (TPSA) is 36.4 Å². The summed E-state index contributed by atoms with van der Waals surface area (Å²) in [7, 11) is 0. The van der Waals surface area contributed by atoms with Crippen LogP contribution in [0.3, 0.4) is 0 Å². The number of carbonyl (C=O) groups excluding carboxylic acids is 1. The second-order valence-corrected chi connectivity index (χ2v) is 7.06. The van der Waals surface area contributed by atoms with Crippen LogP contribution in [0.25, 0.3) is 10.8 Å². The maximum absolute atomic E-state index is 13.3. The van der Waals surface area contributed by atoms with Crippen LogP contribution >= 0.6 is 0 Å². The van der Waals surface area contributed by atoms with Crippen molar-refractivity contribution in [2.75, 3.05) is 26.2 Å². The van der Waals surface area contributed by atoms with Crippen molar-refractivity contribution in [1.29, 1.82) is 0 Å². The smallest absolute Gasteiger partial charge is 0.272 e. The van der Waals surface area contributed by atoms with E-state index in [1.165, 1.54) is 23.3 Å². The maximum Gasteiger partial charge on any atom is 0.272 e. The van der Waals surface area contributed by atoms with Gasteiger partial charge in [-0.25, -0.2) is 4.39 Å². The SMILES string of the molecule is Cc1ccccc1CN1CCN(C(=O)c2cc3ccc(F)cc3cn2)CC1. The molecule has 0 N–H and O–H groups in total. The summed E-state index contributed by atoms with van der Waals surface area (Å²) in [6.45, 7) is 6.11. The lowest BCUT2D eigenvalue weighted by molar-refractivity contribution is 0.0622. The zero-order valence-corrected chi connectivity index (χ0v) is 15.4. The van der Waals surface area contributed by atoms with Gasteiger partial charge in [0.05, 0.1) is 0 Å². The van der Waals surface area contributed by atoms with E-state index in [0.29, 0.717) is 24.2 Å². The van der Waals surface area contributed by atoms with Crippen LogP contribution in [0.1, 0.15) is 21.6 Å². The van der Waals surface area contributed by atoms with E-state index in [-0.39, 0.29) is 11.7 Å². The highest BCUT2D eigenvalue weighted by atomic mass is 19.1. The predicted molar refractivity (Wildman–Crippen MR) is 104 cm³/mol. The Labute approximate surface area is 158 Å². The average molecular weight is 363 g/mol. The lowest BCUT2D eigenvalue weighted by atomic mass is 10.1. The van der Waals surface area contributed by atoms with E-state index in [1.54, 1.807) is 18.3 Å². The standard InChI is InChI=1S/C22H22FN3O/c1-16-4-2-3-5-18(16)15-25-8-10-26(11-9-25)22(27)21-13-17-6-7-20(23)12-19(17)14-24-21/h2-7,12-14H,8-11,15H2,1H3. The molecule has 1 amide bonds. The summed E-state index contributed by atoms with van der Waals surface area (Å²) in [6, 6.07) is 14.7. The third kappa shape index (κ3) is 3.83. The molecule has 1 aliphatic heterocycles. The Hall–Kier alpha value is -2.79. The summed E-state index contributed by atoms with van der Waals surface area (Å²) >= 11 is 0. The first-order chi connectivity index (χ1) is 13.1. The minimum Gasteiger partial charge on any atom is -0.335 e. The van der Waals surface area contributed by atoms with Crippen molar-refractivity contribution in [3.63, 3.8) is 0 Å². The van der Waals surface area contributed by atoms with Gasteiger partial charge in [0.2, 0.25) is 0 Å². The minimum atomic E-state index is -0.298. The van der Waals surface area contributed by atoms with Crippen LogP contribution in [-0.4, -0.2) is 46.9 Å². The lowest BCUT2D eigenvalue weighted by Crippen LogP contribution is -2.48. The summed E-state index contributed by atoms with van der Waals surface area (Å²) in [5.41, 5.74) is 3.05. The van der Waals surface area contributed by atoms with Crippen molar-refractivity contribution in [3.05, 3.63) is 77.4 Å². The fraction of sp³-hybridized carbons (Fsp3) is 0.273. The highest BCUT2D eigenvalue weighted by molar-refractivity contribution is 5.96. The van der Waals surface area contributed by atoms with Crippen LogP contribution in [-0.2, 0) is 6.54 Å². The number of amides is 1. The molecule has 27 heavy (non-hydrogen) atoms. The van der Waals surface area contributed by atoms with Crippen molar-refractivity contribution in [2.24, 2.45) is 0 Å². The van der Waals surface area contributed by atoms with Crippen LogP contribution in [0.5, 0.6) is 0 Å². The molecule has 0 unspecified atom stereocenters. The molecule has 4 rings (SSSR count). The quantitative estimate of drug-likeness (QED) is 0.713. The van der Waals surface area contributed by atoms with Gasteiger partial charge in [-0.1, -0.05) is 30.3 Å². The van der Waals surface area contributed by atoms with Crippen LogP contribution in [0.15, 0.2) is 54.7 Å². The number of aromatic nitrogens is 1. The molecule has 0 spiro atoms. The molecule has 1 fully saturated rings. The highest BCUT2D eigenvalue weighted by Gasteiger charge is 2.23. The minimum absolute atomic E-state index is 0.0585. The molecule has 0 aliphatic carbocycles. The van der Waals surface area contributed by atoms with E-state index in [0.717, 1.165) is 25.0 Å². The van der Waals surface area contributed by atoms with Crippen LogP contribution in [0, 0.1) is 12.7 Å². The number of nitrogens with zero attached hydrogens (tertiary/aromatic N) is 3. The average Bonchev–Trinajstić information content (AvgIpc) is 2.69. The van der Waals surface area contributed by atoms with Crippen molar-refractivity contribution in [3.8, 4) is 0 Å². The predicted octanol–water partition coefficient (Wildman–Crippen LogP) is 3.64. The maximum atomic E-state index is 13.3. The first-order valence-corrected chi connectivity index (χ1v) is 9.21. The summed E-state index contributed by atoms with van der Waals surface area (Å²) < 4.78 is 13.3. The van der Waals surface area contributed by atoms with Gasteiger partial charge in [-0.2, -0.15) is 0 Å². The third-order valence-electron chi connectivity index (χ3n) is 5.22. The van der Waals surface area contributed by atoms with Gasteiger partial charge in [0.15, 0.2) is 0 Å². The van der Waals surface area contributed by atoms with Crippen LogP contribution in [0.4, 0.5) is 4.39 Å². The zero-order valence-electron chi connectivity index (χ0n) is 15.4. The van der Waals surface area contributed by atoms with Gasteiger partial charge in [-0.3, -0.25) is 14.7 Å². The molecule has 1 aromatic heterocycles. The van der Waals surface area contributed by atoms with E-state index in [2.05, 4.69) is 41.1 Å². The van der Waals surface area contributed by atoms with Crippen molar-refractivity contribution >= 4 is 16.7 Å². The number of aryl methyl sites for hydroxylation is 1. The van der Waals surface area contributed by atoms with Gasteiger partial charge in [0.1, 0.15) is 11.5 Å². The third-order valence-corrected chi connectivity index (χ3v) is 5.22. The van der Waals surface area contributed by atoms with Crippen molar-refractivity contribution in [1.82, 2.24) is 14.8 Å². The Bertz CT molecular complexity index is 980. The Morgan fingerprint density at radius 3 is 2.59 bits per heavy atom. The number of piperazine rings is 1. The van der Waals surface area contributed by atoms with Crippen LogP contribution in [0.2, 0.25) is 0 Å². The van der Waals surface area contributed by atoms with Crippen LogP contribution < -0.4 is 0 Å². The summed E-state index contributed by atoms with van der Waals surface area (Å²) in [5, 5.41) is 1.53. The Kier molecular flexibility index (Phi) is 4.86. The van der Waals surface area contributed by atoms with E-state index >= 15 is 0 Å². The molecule has 2 heterocycles. The molecule has 5 heteroatoms. The van der Waals surface area contributed by atoms with Gasteiger partial charge in [0.25, 0.3) is 5.91 Å². The zero-order chi connectivity index (χ0) is 18.8. The number of pyridine rings is 1. The largest absolute Gasteiger partial charge is 0.335 e. The van der Waals surface area contributed by atoms with Crippen molar-refractivity contribution in [2.45, 2.75) is 13.5 Å². The fourth-order valence-corrected chi connectivity index (χ4v) is 3.53. The molecule has 138 valence electrons. The molecule has 3 aromatic rings. The van der Waals surface area contributed by atoms with E-state index in [9.17, 15) is 9.18 Å². The second kappa shape index (κ2) is 7.45. The Morgan fingerprint density at radius 1 is 1.04 bits per heavy atom. The van der Waals surface area contributed by atoms with E-state index in [1.807, 2.05) is 4.90 Å². The second-order valence-electron chi connectivity index (χ2n) is 7.06. The Balaban J connectivity index is 1.41. The molecule has 0 bridgehead atoms. The molecule has 0 atom stereocenters. The molecule has 1 saturated heterocycles. The number of hydrogen-bond donors (Lipinski definition) is 0. The van der Waals surface area contributed by atoms with Gasteiger partial charge in [-0.15, -0.1) is 0 Å². The van der Waals surface area contributed by atoms with E-state index in [4.69, 9.17) is 0 Å². The number of fused-ring (bicyclic) bond motifs is 1. The molecule has 1 aliphatic rings. The summed E-state index contributed by atoms with van der Waals surface area (Å²) in [5.74, 6) is -0.357. The summed E-state index contributed by atoms with van der Waals surface area (Å²) in [4.78, 5) is 21.3. The molecule has 2 aromatic carbocycles. The van der Waals surface area contributed by atoms with Gasteiger partial charge in [-0.05, 0) is 41.6 Å². The monoisotopic (exact) mass is 363 g/mol. The number of halogens is 1. The normalized spacial score (nSPS) is 15.3. The number of hydrogen-bond acceptors (Lipinski definition) is 3. The number of rotatable bonds is 3.